The van der Waals surface area contributed by atoms with Crippen molar-refractivity contribution < 1.29 is 33.7 Å². The molecule has 0 atom stereocenters. The summed E-state index contributed by atoms with van der Waals surface area (Å²) in [5.41, 5.74) is 0. The predicted molar refractivity (Wildman–Crippen MR) is 18.1 cm³/mol. The largest absolute Gasteiger partial charge is 2.00 e. The van der Waals surface area contributed by atoms with Crippen LogP contribution >= 0.6 is 0 Å². The Morgan fingerprint density at radius 1 is 1.57 bits per heavy atom. The van der Waals surface area contributed by atoms with Crippen molar-refractivity contribution in [1.29, 1.82) is 0 Å². The topological polar surface area (TPSA) is 66.4 Å². The molecule has 0 aliphatic carbocycles. The van der Waals surface area contributed by atoms with E-state index in [9.17, 15) is 0 Å². The van der Waals surface area contributed by atoms with Gasteiger partial charge in [-0.2, -0.15) is 0 Å². The molecule has 0 N–H and O–H groups in total. The minimum Gasteiger partial charge on any atom is -0.727 e. The van der Waals surface area contributed by atoms with E-state index in [-0.39, 0.29) is 17.1 Å². The van der Waals surface area contributed by atoms with E-state index in [0.717, 1.165) is 0 Å². The molecule has 0 bridgehead atoms. The van der Waals surface area contributed by atoms with Crippen LogP contribution in [-0.4, -0.2) is 13.0 Å². The van der Waals surface area contributed by atoms with Gasteiger partial charge in [0, 0.05) is 0 Å². The van der Waals surface area contributed by atoms with Gasteiger partial charge in [0.2, 0.25) is 0 Å². The van der Waals surface area contributed by atoms with Crippen molar-refractivity contribution in [2.24, 2.45) is 0 Å². The molecule has 0 aromatic carbocycles. The average molecular weight is 192 g/mol. The summed E-state index contributed by atoms with van der Waals surface area (Å²) in [6.45, 7) is 0. The molecule has 0 spiro atoms. The van der Waals surface area contributed by atoms with Gasteiger partial charge in [-0.1, -0.05) is 0 Å². The van der Waals surface area contributed by atoms with E-state index in [1.54, 1.807) is 0 Å². The summed E-state index contributed by atoms with van der Waals surface area (Å²) in [4.78, 5) is 0. The predicted octanol–water partition coefficient (Wildman–Crippen LogP) is -1.08. The van der Waals surface area contributed by atoms with Crippen molar-refractivity contribution >= 4 is 23.3 Å². The van der Waals surface area contributed by atoms with Crippen molar-refractivity contribution in [2.75, 3.05) is 0 Å². The second-order valence-corrected chi connectivity index (χ2v) is 1.84. The van der Waals surface area contributed by atoms with E-state index in [1.165, 1.54) is 0 Å². The van der Waals surface area contributed by atoms with Gasteiger partial charge >= 0.3 is 17.1 Å². The Hall–Kier alpha value is 0.739. The van der Waals surface area contributed by atoms with Crippen LogP contribution in [0.25, 0.3) is 0 Å². The minimum atomic E-state index is -4.60. The zero-order valence-corrected chi connectivity index (χ0v) is 5.33. The van der Waals surface area contributed by atoms with Crippen LogP contribution in [-0.2, 0) is 44.0 Å². The summed E-state index contributed by atoms with van der Waals surface area (Å²) in [5.74, 6) is 0. The monoisotopic (exact) mass is 191 g/mol. The average Bonchev–Trinajstić information content (AvgIpc) is 1.35. The summed E-state index contributed by atoms with van der Waals surface area (Å²) in [6, 6.07) is 0. The maximum absolute atomic E-state index is 9.12. The molecule has 0 unspecified atom stereocenters. The van der Waals surface area contributed by atoms with E-state index >= 15 is 0 Å². The Morgan fingerprint density at radius 2 is 1.71 bits per heavy atom. The summed E-state index contributed by atoms with van der Waals surface area (Å²) in [7, 11) is -4.60. The fraction of sp³-hybridized carbons (Fsp3) is 0. The van der Waals surface area contributed by atoms with Crippen molar-refractivity contribution in [3.05, 3.63) is 0 Å². The second-order valence-electron chi connectivity index (χ2n) is 0.476. The molecule has 0 heterocycles. The number of rotatable bonds is 1. The van der Waals surface area contributed by atoms with E-state index in [0.29, 0.717) is 0 Å². The van der Waals surface area contributed by atoms with Gasteiger partial charge in [-0.15, -0.1) is 0 Å². The molecule has 7 heavy (non-hydrogen) atoms. The first-order valence-corrected chi connectivity index (χ1v) is 2.50. The van der Waals surface area contributed by atoms with Crippen molar-refractivity contribution in [3.8, 4) is 0 Å². The molecule has 0 fully saturated rings. The van der Waals surface area contributed by atoms with Gasteiger partial charge in [0.25, 0.3) is 0 Å². The van der Waals surface area contributed by atoms with E-state index in [2.05, 4.69) is 16.5 Å². The number of hydrogen-bond donors (Lipinski definition) is 0. The molecule has 0 aliphatic rings. The van der Waals surface area contributed by atoms with E-state index in [4.69, 9.17) is 13.0 Å². The normalized spacial score (nSPS) is 10.0. The van der Waals surface area contributed by atoms with E-state index in [1.807, 2.05) is 0 Å². The zero-order chi connectivity index (χ0) is 5.21. The van der Waals surface area contributed by atoms with Gasteiger partial charge in [-0.05, 0) is 0 Å². The first-order chi connectivity index (χ1) is 2.56. The van der Waals surface area contributed by atoms with Crippen molar-refractivity contribution in [1.82, 2.24) is 0 Å². The maximum Gasteiger partial charge on any atom is 2.00 e. The van der Waals surface area contributed by atoms with Crippen LogP contribution in [0.4, 0.5) is 0 Å². The molecule has 1 radical (unpaired) electrons. The fourth-order valence-electron chi connectivity index (χ4n) is 0. The molecule has 0 aromatic rings. The molecular formula is CuO4S2. The third kappa shape index (κ3) is 10.8. The van der Waals surface area contributed by atoms with Crippen LogP contribution in [0.2, 0.25) is 0 Å². The number of hydrogen-bond acceptors (Lipinski definition) is 5. The fourth-order valence-corrected chi connectivity index (χ4v) is 0. The van der Waals surface area contributed by atoms with Crippen LogP contribution < -0.4 is 0 Å². The molecular weight excluding hydrogens is 192 g/mol. The molecule has 0 amide bonds. The standard InChI is InChI=1S/Cu.H2O4S2/c;1-6(2,3)4-5/h;5H,(H,1,2,3)/q+2;/p-2. The zero-order valence-electron chi connectivity index (χ0n) is 2.75. The van der Waals surface area contributed by atoms with Crippen LogP contribution in [0.5, 0.6) is 0 Å². The molecule has 4 nitrogen and oxygen atoms in total. The Kier molecular flexibility index (Phi) is 5.65. The van der Waals surface area contributed by atoms with Crippen LogP contribution in [0.15, 0.2) is 0 Å². The molecule has 0 saturated heterocycles. The quantitative estimate of drug-likeness (QED) is 0.228. The molecule has 7 heteroatoms. The summed E-state index contributed by atoms with van der Waals surface area (Å²) in [5, 5.41) is 0. The van der Waals surface area contributed by atoms with Crippen molar-refractivity contribution in [2.45, 2.75) is 0 Å². The molecule has 47 valence electrons. The van der Waals surface area contributed by atoms with Crippen LogP contribution in [0.3, 0.4) is 0 Å². The van der Waals surface area contributed by atoms with Gasteiger partial charge in [0.05, 0.1) is 0 Å². The molecule has 0 rings (SSSR count). The first-order valence-electron chi connectivity index (χ1n) is 0.833. The van der Waals surface area contributed by atoms with Crippen LogP contribution in [0, 0.1) is 0 Å². The minimum absolute atomic E-state index is 0. The Morgan fingerprint density at radius 3 is 1.71 bits per heavy atom. The van der Waals surface area contributed by atoms with Gasteiger partial charge in [0.1, 0.15) is 0 Å². The van der Waals surface area contributed by atoms with Gasteiger partial charge in [-0.3, -0.25) is 0 Å². The third-order valence-corrected chi connectivity index (χ3v) is 0.750. The second kappa shape index (κ2) is 3.71. The van der Waals surface area contributed by atoms with Crippen molar-refractivity contribution in [3.63, 3.8) is 0 Å². The summed E-state index contributed by atoms with van der Waals surface area (Å²) < 4.78 is 30.3. The molecule has 0 aliphatic heterocycles. The smallest absolute Gasteiger partial charge is 0.727 e. The Balaban J connectivity index is 0. The van der Waals surface area contributed by atoms with Gasteiger partial charge < -0.3 is 21.1 Å². The SMILES string of the molecule is O=S(=O)([O-])O[S-].[Cu+2]. The first kappa shape index (κ1) is 10.7. The van der Waals surface area contributed by atoms with Gasteiger partial charge in [-0.25, -0.2) is 8.42 Å². The third-order valence-electron chi connectivity index (χ3n) is 0.0833. The molecule has 0 aromatic heterocycles. The Labute approximate surface area is 57.3 Å². The Bertz CT molecular complexity index is 112. The van der Waals surface area contributed by atoms with Gasteiger partial charge in [0.15, 0.2) is 10.4 Å². The molecule has 0 saturated carbocycles. The summed E-state index contributed by atoms with van der Waals surface area (Å²) in [6.07, 6.45) is 0. The summed E-state index contributed by atoms with van der Waals surface area (Å²) >= 11 is 3.39. The van der Waals surface area contributed by atoms with E-state index < -0.39 is 10.4 Å². The van der Waals surface area contributed by atoms with Crippen LogP contribution in [0.1, 0.15) is 0 Å². The maximum atomic E-state index is 9.12.